The second kappa shape index (κ2) is 5.21. The number of para-hydroxylation sites is 2. The van der Waals surface area contributed by atoms with E-state index in [0.717, 1.165) is 0 Å². The number of fused-ring (bicyclic) bond motifs is 1. The molecule has 0 aliphatic rings. The Labute approximate surface area is 109 Å². The van der Waals surface area contributed by atoms with E-state index in [2.05, 4.69) is 10.3 Å². The minimum Gasteiger partial charge on any atom is -0.317 e. The van der Waals surface area contributed by atoms with Crippen LogP contribution in [0.5, 0.6) is 0 Å². The topological polar surface area (TPSA) is 29.9 Å². The van der Waals surface area contributed by atoms with Gasteiger partial charge in [-0.3, -0.25) is 0 Å². The summed E-state index contributed by atoms with van der Waals surface area (Å²) in [5.41, 5.74) is 1.10. The SMILES string of the molecule is CCNC(C)c1nc2ccccc2n1CC(F)(F)F. The van der Waals surface area contributed by atoms with Crippen LogP contribution in [-0.2, 0) is 6.54 Å². The fourth-order valence-corrected chi connectivity index (χ4v) is 2.17. The van der Waals surface area contributed by atoms with Gasteiger partial charge in [-0.25, -0.2) is 4.98 Å². The van der Waals surface area contributed by atoms with Gasteiger partial charge >= 0.3 is 6.18 Å². The van der Waals surface area contributed by atoms with Gasteiger partial charge in [-0.1, -0.05) is 19.1 Å². The van der Waals surface area contributed by atoms with Gasteiger partial charge in [0.05, 0.1) is 17.1 Å². The first-order valence-electron chi connectivity index (χ1n) is 6.17. The van der Waals surface area contributed by atoms with Crippen LogP contribution in [0.2, 0.25) is 0 Å². The minimum absolute atomic E-state index is 0.222. The third kappa shape index (κ3) is 3.07. The smallest absolute Gasteiger partial charge is 0.317 e. The van der Waals surface area contributed by atoms with Crippen LogP contribution in [0, 0.1) is 0 Å². The largest absolute Gasteiger partial charge is 0.406 e. The quantitative estimate of drug-likeness (QED) is 0.925. The molecule has 0 amide bonds. The van der Waals surface area contributed by atoms with Gasteiger partial charge in [0, 0.05) is 0 Å². The number of hydrogen-bond donors (Lipinski definition) is 1. The Morgan fingerprint density at radius 3 is 2.63 bits per heavy atom. The van der Waals surface area contributed by atoms with E-state index in [-0.39, 0.29) is 6.04 Å². The highest BCUT2D eigenvalue weighted by atomic mass is 19.4. The average molecular weight is 271 g/mol. The van der Waals surface area contributed by atoms with E-state index in [9.17, 15) is 13.2 Å². The third-order valence-electron chi connectivity index (χ3n) is 2.92. The Morgan fingerprint density at radius 1 is 1.32 bits per heavy atom. The standard InChI is InChI=1S/C13H16F3N3/c1-3-17-9(2)12-18-10-6-4-5-7-11(10)19(12)8-13(14,15)16/h4-7,9,17H,3,8H2,1-2H3. The van der Waals surface area contributed by atoms with Crippen LogP contribution in [-0.4, -0.2) is 22.3 Å². The molecule has 1 atom stereocenters. The summed E-state index contributed by atoms with van der Waals surface area (Å²) in [7, 11) is 0. The van der Waals surface area contributed by atoms with Crippen LogP contribution in [0.25, 0.3) is 11.0 Å². The van der Waals surface area contributed by atoms with Crippen LogP contribution in [0.15, 0.2) is 24.3 Å². The summed E-state index contributed by atoms with van der Waals surface area (Å²) in [6, 6.07) is 6.66. The predicted molar refractivity (Wildman–Crippen MR) is 67.9 cm³/mol. The Balaban J connectivity index is 2.52. The van der Waals surface area contributed by atoms with Crippen molar-refractivity contribution in [2.24, 2.45) is 0 Å². The number of halogens is 3. The van der Waals surface area contributed by atoms with Crippen molar-refractivity contribution in [3.05, 3.63) is 30.1 Å². The van der Waals surface area contributed by atoms with E-state index < -0.39 is 12.7 Å². The Kier molecular flexibility index (Phi) is 3.80. The maximum atomic E-state index is 12.7. The molecule has 0 aliphatic heterocycles. The molecule has 1 unspecified atom stereocenters. The number of nitrogens with zero attached hydrogens (tertiary/aromatic N) is 2. The molecule has 0 aliphatic carbocycles. The number of hydrogen-bond acceptors (Lipinski definition) is 2. The molecule has 1 aromatic carbocycles. The molecule has 19 heavy (non-hydrogen) atoms. The van der Waals surface area contributed by atoms with Crippen LogP contribution in [0.1, 0.15) is 25.7 Å². The molecule has 0 bridgehead atoms. The predicted octanol–water partition coefficient (Wildman–Crippen LogP) is 3.27. The van der Waals surface area contributed by atoms with E-state index in [1.54, 1.807) is 24.3 Å². The van der Waals surface area contributed by atoms with Crippen molar-refractivity contribution >= 4 is 11.0 Å². The highest BCUT2D eigenvalue weighted by Crippen LogP contribution is 2.26. The zero-order chi connectivity index (χ0) is 14.0. The molecule has 6 heteroatoms. The molecule has 104 valence electrons. The van der Waals surface area contributed by atoms with Gasteiger partial charge < -0.3 is 9.88 Å². The zero-order valence-electron chi connectivity index (χ0n) is 10.8. The van der Waals surface area contributed by atoms with E-state index in [1.165, 1.54) is 4.57 Å². The average Bonchev–Trinajstić information content (AvgIpc) is 2.67. The molecule has 0 saturated carbocycles. The number of benzene rings is 1. The molecule has 3 nitrogen and oxygen atoms in total. The van der Waals surface area contributed by atoms with Gasteiger partial charge in [0.15, 0.2) is 0 Å². The molecular formula is C13H16F3N3. The normalized spacial score (nSPS) is 13.9. The number of rotatable bonds is 4. The first kappa shape index (κ1) is 13.9. The molecule has 2 aromatic rings. The zero-order valence-corrected chi connectivity index (χ0v) is 10.8. The summed E-state index contributed by atoms with van der Waals surface area (Å²) >= 11 is 0. The summed E-state index contributed by atoms with van der Waals surface area (Å²) < 4.78 is 39.4. The highest BCUT2D eigenvalue weighted by molar-refractivity contribution is 5.76. The molecule has 0 fully saturated rings. The molecule has 0 saturated heterocycles. The molecule has 0 radical (unpaired) electrons. The Hall–Kier alpha value is -1.56. The molecule has 1 N–H and O–H groups in total. The van der Waals surface area contributed by atoms with Crippen LogP contribution in [0.4, 0.5) is 13.2 Å². The van der Waals surface area contributed by atoms with Crippen molar-refractivity contribution in [2.75, 3.05) is 6.54 Å². The number of imidazole rings is 1. The summed E-state index contributed by atoms with van der Waals surface area (Å²) in [6.45, 7) is 3.39. The Morgan fingerprint density at radius 2 is 2.00 bits per heavy atom. The lowest BCUT2D eigenvalue weighted by Gasteiger charge is -2.16. The van der Waals surface area contributed by atoms with Gasteiger partial charge in [-0.15, -0.1) is 0 Å². The van der Waals surface area contributed by atoms with Crippen LogP contribution >= 0.6 is 0 Å². The summed E-state index contributed by atoms with van der Waals surface area (Å²) in [5.74, 6) is 0.417. The Bertz CT molecular complexity index is 560. The van der Waals surface area contributed by atoms with Gasteiger partial charge in [-0.2, -0.15) is 13.2 Å². The lowest BCUT2D eigenvalue weighted by atomic mass is 10.3. The minimum atomic E-state index is -4.26. The molecular weight excluding hydrogens is 255 g/mol. The van der Waals surface area contributed by atoms with E-state index >= 15 is 0 Å². The van der Waals surface area contributed by atoms with Crippen molar-refractivity contribution in [1.29, 1.82) is 0 Å². The van der Waals surface area contributed by atoms with Gasteiger partial charge in [-0.05, 0) is 25.6 Å². The second-order valence-corrected chi connectivity index (χ2v) is 4.44. The van der Waals surface area contributed by atoms with Crippen molar-refractivity contribution in [2.45, 2.75) is 32.6 Å². The van der Waals surface area contributed by atoms with E-state index in [0.29, 0.717) is 23.4 Å². The maximum absolute atomic E-state index is 12.7. The fourth-order valence-electron chi connectivity index (χ4n) is 2.17. The fraction of sp³-hybridized carbons (Fsp3) is 0.462. The van der Waals surface area contributed by atoms with Gasteiger partial charge in [0.25, 0.3) is 0 Å². The lowest BCUT2D eigenvalue weighted by Crippen LogP contribution is -2.25. The summed E-state index contributed by atoms with van der Waals surface area (Å²) in [5, 5.41) is 3.10. The van der Waals surface area contributed by atoms with Crippen LogP contribution in [0.3, 0.4) is 0 Å². The molecule has 2 rings (SSSR count). The number of alkyl halides is 3. The number of aromatic nitrogens is 2. The number of nitrogens with one attached hydrogen (secondary N) is 1. The summed E-state index contributed by atoms with van der Waals surface area (Å²) in [4.78, 5) is 4.32. The first-order valence-corrected chi connectivity index (χ1v) is 6.17. The monoisotopic (exact) mass is 271 g/mol. The third-order valence-corrected chi connectivity index (χ3v) is 2.92. The van der Waals surface area contributed by atoms with E-state index in [4.69, 9.17) is 0 Å². The summed E-state index contributed by atoms with van der Waals surface area (Å²) in [6.07, 6.45) is -4.26. The lowest BCUT2D eigenvalue weighted by molar-refractivity contribution is -0.140. The van der Waals surface area contributed by atoms with Crippen LogP contribution < -0.4 is 5.32 Å². The molecule has 1 aromatic heterocycles. The van der Waals surface area contributed by atoms with Crippen molar-refractivity contribution in [3.63, 3.8) is 0 Å². The van der Waals surface area contributed by atoms with Gasteiger partial charge in [0.1, 0.15) is 12.4 Å². The molecule has 1 heterocycles. The van der Waals surface area contributed by atoms with Gasteiger partial charge in [0.2, 0.25) is 0 Å². The van der Waals surface area contributed by atoms with E-state index in [1.807, 2.05) is 13.8 Å². The maximum Gasteiger partial charge on any atom is 0.406 e. The van der Waals surface area contributed by atoms with Crippen molar-refractivity contribution < 1.29 is 13.2 Å². The second-order valence-electron chi connectivity index (χ2n) is 4.44. The first-order chi connectivity index (χ1) is 8.92. The highest BCUT2D eigenvalue weighted by Gasteiger charge is 2.31. The van der Waals surface area contributed by atoms with Crippen molar-refractivity contribution in [1.82, 2.24) is 14.9 Å². The van der Waals surface area contributed by atoms with Crippen molar-refractivity contribution in [3.8, 4) is 0 Å². The molecule has 0 spiro atoms.